The lowest BCUT2D eigenvalue weighted by Crippen LogP contribution is -2.54. The average molecular weight is 241 g/mol. The number of fused-ring (bicyclic) bond motifs is 1. The predicted octanol–water partition coefficient (Wildman–Crippen LogP) is 2.60. The smallest absolute Gasteiger partial charge is 0.258 e. The number of hydrogen-bond donors (Lipinski definition) is 1. The topological polar surface area (TPSA) is 38.3 Å². The molecule has 92 valence electrons. The zero-order valence-corrected chi connectivity index (χ0v) is 9.64. The van der Waals surface area contributed by atoms with Crippen LogP contribution >= 0.6 is 0 Å². The fraction of sp³-hybridized carbons (Fsp3) is 0.417. The fourth-order valence-corrected chi connectivity index (χ4v) is 1.96. The van der Waals surface area contributed by atoms with E-state index >= 15 is 0 Å². The Morgan fingerprint density at radius 3 is 2.76 bits per heavy atom. The van der Waals surface area contributed by atoms with Gasteiger partial charge in [0.25, 0.3) is 5.91 Å². The van der Waals surface area contributed by atoms with E-state index in [4.69, 9.17) is 4.74 Å². The summed E-state index contributed by atoms with van der Waals surface area (Å²) < 4.78 is 32.0. The predicted molar refractivity (Wildman–Crippen MR) is 57.8 cm³/mol. The van der Waals surface area contributed by atoms with E-state index in [0.717, 1.165) is 12.5 Å². The van der Waals surface area contributed by atoms with E-state index in [1.807, 2.05) is 6.92 Å². The van der Waals surface area contributed by atoms with Gasteiger partial charge in [0.15, 0.2) is 17.3 Å². The Hall–Kier alpha value is -1.65. The van der Waals surface area contributed by atoms with Gasteiger partial charge in [-0.2, -0.15) is 4.39 Å². The molecule has 0 saturated heterocycles. The first-order valence-corrected chi connectivity index (χ1v) is 5.46. The van der Waals surface area contributed by atoms with Crippen LogP contribution in [0.1, 0.15) is 37.0 Å². The van der Waals surface area contributed by atoms with Gasteiger partial charge in [-0.05, 0) is 19.1 Å². The van der Waals surface area contributed by atoms with Gasteiger partial charge in [-0.15, -0.1) is 0 Å². The minimum absolute atomic E-state index is 0.0254. The van der Waals surface area contributed by atoms with E-state index in [1.54, 1.807) is 6.92 Å². The summed E-state index contributed by atoms with van der Waals surface area (Å²) in [4.78, 5) is 11.8. The van der Waals surface area contributed by atoms with Crippen LogP contribution in [0.4, 0.5) is 8.78 Å². The molecular formula is C12H13F2NO2. The maximum absolute atomic E-state index is 13.6. The molecule has 17 heavy (non-hydrogen) atoms. The fourth-order valence-electron chi connectivity index (χ4n) is 1.96. The summed E-state index contributed by atoms with van der Waals surface area (Å²) in [5.74, 6) is -2.87. The van der Waals surface area contributed by atoms with Crippen LogP contribution in [-0.4, -0.2) is 11.6 Å². The van der Waals surface area contributed by atoms with Crippen LogP contribution in [0.5, 0.6) is 5.75 Å². The summed E-state index contributed by atoms with van der Waals surface area (Å²) in [6, 6.07) is 2.13. The number of amides is 1. The van der Waals surface area contributed by atoms with Crippen molar-refractivity contribution in [3.63, 3.8) is 0 Å². The average Bonchev–Trinajstić information content (AvgIpc) is 2.24. The van der Waals surface area contributed by atoms with E-state index in [0.29, 0.717) is 6.42 Å². The first-order valence-electron chi connectivity index (χ1n) is 5.46. The molecule has 1 heterocycles. The van der Waals surface area contributed by atoms with E-state index in [-0.39, 0.29) is 11.3 Å². The summed E-state index contributed by atoms with van der Waals surface area (Å²) in [5.41, 5.74) is -0.953. The Morgan fingerprint density at radius 1 is 1.41 bits per heavy atom. The molecule has 5 heteroatoms. The van der Waals surface area contributed by atoms with E-state index in [9.17, 15) is 13.6 Å². The van der Waals surface area contributed by atoms with Crippen molar-refractivity contribution >= 4 is 5.91 Å². The van der Waals surface area contributed by atoms with Crippen molar-refractivity contribution < 1.29 is 18.3 Å². The lowest BCUT2D eigenvalue weighted by atomic mass is 10.0. The van der Waals surface area contributed by atoms with Gasteiger partial charge in [0, 0.05) is 6.42 Å². The molecule has 1 N–H and O–H groups in total. The molecule has 0 saturated carbocycles. The number of ether oxygens (including phenoxy) is 1. The highest BCUT2D eigenvalue weighted by Gasteiger charge is 2.37. The van der Waals surface area contributed by atoms with Crippen molar-refractivity contribution in [3.05, 3.63) is 29.3 Å². The van der Waals surface area contributed by atoms with Gasteiger partial charge in [-0.3, -0.25) is 4.79 Å². The number of carbonyl (C=O) groups is 1. The molecule has 1 unspecified atom stereocenters. The molecule has 1 aromatic carbocycles. The Kier molecular flexibility index (Phi) is 2.77. The highest BCUT2D eigenvalue weighted by atomic mass is 19.2. The molecule has 0 radical (unpaired) electrons. The normalized spacial score (nSPS) is 22.7. The molecular weight excluding hydrogens is 228 g/mol. The van der Waals surface area contributed by atoms with Crippen LogP contribution in [0.25, 0.3) is 0 Å². The Balaban J connectivity index is 2.47. The second-order valence-corrected chi connectivity index (χ2v) is 4.28. The summed E-state index contributed by atoms with van der Waals surface area (Å²) >= 11 is 0. The van der Waals surface area contributed by atoms with Gasteiger partial charge in [-0.1, -0.05) is 13.3 Å². The second kappa shape index (κ2) is 3.98. The lowest BCUT2D eigenvalue weighted by molar-refractivity contribution is 0.0216. The standard InChI is InChI=1S/C12H13F2NO2/c1-3-6-12(2)15-11(16)7-4-5-8(13)9(14)10(7)17-12/h4-5H,3,6H2,1-2H3,(H,15,16). The van der Waals surface area contributed by atoms with E-state index in [2.05, 4.69) is 5.32 Å². The van der Waals surface area contributed by atoms with Crippen LogP contribution in [0.3, 0.4) is 0 Å². The van der Waals surface area contributed by atoms with Gasteiger partial charge < -0.3 is 10.1 Å². The van der Waals surface area contributed by atoms with Gasteiger partial charge in [-0.25, -0.2) is 4.39 Å². The third-order valence-corrected chi connectivity index (χ3v) is 2.73. The Bertz CT molecular complexity index is 476. The zero-order chi connectivity index (χ0) is 12.6. The number of carbonyl (C=O) groups excluding carboxylic acids is 1. The Morgan fingerprint density at radius 2 is 2.12 bits per heavy atom. The van der Waals surface area contributed by atoms with Gasteiger partial charge in [0.2, 0.25) is 5.82 Å². The van der Waals surface area contributed by atoms with Crippen LogP contribution < -0.4 is 10.1 Å². The minimum atomic E-state index is -1.11. The largest absolute Gasteiger partial charge is 0.464 e. The lowest BCUT2D eigenvalue weighted by Gasteiger charge is -2.36. The molecule has 1 amide bonds. The van der Waals surface area contributed by atoms with Crippen LogP contribution in [0, 0.1) is 11.6 Å². The highest BCUT2D eigenvalue weighted by Crippen LogP contribution is 2.33. The van der Waals surface area contributed by atoms with Crippen LogP contribution in [0.2, 0.25) is 0 Å². The van der Waals surface area contributed by atoms with Crippen molar-refractivity contribution in [2.75, 3.05) is 0 Å². The van der Waals surface area contributed by atoms with Crippen molar-refractivity contribution in [3.8, 4) is 5.75 Å². The number of rotatable bonds is 2. The number of nitrogens with one attached hydrogen (secondary N) is 1. The SMILES string of the molecule is CCCC1(C)NC(=O)c2ccc(F)c(F)c2O1. The molecule has 0 aromatic heterocycles. The molecule has 1 aromatic rings. The van der Waals surface area contributed by atoms with Crippen molar-refractivity contribution in [2.45, 2.75) is 32.4 Å². The Labute approximate surface area is 97.8 Å². The molecule has 3 nitrogen and oxygen atoms in total. The number of hydrogen-bond acceptors (Lipinski definition) is 2. The van der Waals surface area contributed by atoms with Crippen LogP contribution in [-0.2, 0) is 0 Å². The molecule has 1 atom stereocenters. The second-order valence-electron chi connectivity index (χ2n) is 4.28. The van der Waals surface area contributed by atoms with Crippen LogP contribution in [0.15, 0.2) is 12.1 Å². The molecule has 0 bridgehead atoms. The molecule has 1 aliphatic heterocycles. The van der Waals surface area contributed by atoms with E-state index < -0.39 is 23.3 Å². The maximum atomic E-state index is 13.6. The summed E-state index contributed by atoms with van der Waals surface area (Å²) in [6.45, 7) is 3.56. The van der Waals surface area contributed by atoms with Crippen molar-refractivity contribution in [2.24, 2.45) is 0 Å². The van der Waals surface area contributed by atoms with Crippen molar-refractivity contribution in [1.29, 1.82) is 0 Å². The summed E-state index contributed by atoms with van der Waals surface area (Å²) in [7, 11) is 0. The number of halogens is 2. The minimum Gasteiger partial charge on any atom is -0.464 e. The molecule has 1 aliphatic rings. The van der Waals surface area contributed by atoms with Crippen molar-refractivity contribution in [1.82, 2.24) is 5.32 Å². The first kappa shape index (κ1) is 11.8. The van der Waals surface area contributed by atoms with Gasteiger partial charge >= 0.3 is 0 Å². The molecule has 0 fully saturated rings. The first-order chi connectivity index (χ1) is 7.97. The van der Waals surface area contributed by atoms with E-state index in [1.165, 1.54) is 6.07 Å². The number of benzene rings is 1. The molecule has 0 spiro atoms. The third kappa shape index (κ3) is 1.97. The monoisotopic (exact) mass is 241 g/mol. The maximum Gasteiger partial charge on any atom is 0.258 e. The summed E-state index contributed by atoms with van der Waals surface area (Å²) in [6.07, 6.45) is 1.27. The molecule has 2 rings (SSSR count). The van der Waals surface area contributed by atoms with Gasteiger partial charge in [0.05, 0.1) is 5.56 Å². The third-order valence-electron chi connectivity index (χ3n) is 2.73. The summed E-state index contributed by atoms with van der Waals surface area (Å²) in [5, 5.41) is 2.65. The van der Waals surface area contributed by atoms with Gasteiger partial charge in [0.1, 0.15) is 0 Å². The highest BCUT2D eigenvalue weighted by molar-refractivity contribution is 5.98. The quantitative estimate of drug-likeness (QED) is 0.864. The molecule has 0 aliphatic carbocycles. The zero-order valence-electron chi connectivity index (χ0n) is 9.64.